The van der Waals surface area contributed by atoms with Crippen molar-refractivity contribution >= 4 is 34.0 Å². The Morgan fingerprint density at radius 1 is 1.09 bits per heavy atom. The van der Waals surface area contributed by atoms with Gasteiger partial charge in [-0.1, -0.05) is 35.3 Å². The molecular formula is C17H10Cl2N2O. The van der Waals surface area contributed by atoms with Crippen LogP contribution in [-0.2, 0) is 6.54 Å². The summed E-state index contributed by atoms with van der Waals surface area (Å²) < 4.78 is 1.57. The van der Waals surface area contributed by atoms with Crippen LogP contribution in [0.15, 0.2) is 53.5 Å². The van der Waals surface area contributed by atoms with Gasteiger partial charge in [0.15, 0.2) is 0 Å². The first-order valence-corrected chi connectivity index (χ1v) is 7.31. The first kappa shape index (κ1) is 14.6. The fourth-order valence-corrected chi connectivity index (χ4v) is 2.93. The second-order valence-corrected chi connectivity index (χ2v) is 5.75. The molecule has 108 valence electrons. The highest BCUT2D eigenvalue weighted by atomic mass is 35.5. The molecule has 0 amide bonds. The summed E-state index contributed by atoms with van der Waals surface area (Å²) in [6.45, 7) is 0.383. The van der Waals surface area contributed by atoms with Crippen LogP contribution in [0.5, 0.6) is 0 Å². The van der Waals surface area contributed by atoms with Crippen LogP contribution in [0, 0.1) is 11.3 Å². The standard InChI is InChI=1S/C17H10Cl2N2O/c18-13-7-15-14(16(19)8-13)4-5-21(17(15)22)10-12-3-1-2-11(6-12)9-20/h1-8H,10H2. The van der Waals surface area contributed by atoms with E-state index in [4.69, 9.17) is 28.5 Å². The first-order valence-electron chi connectivity index (χ1n) is 6.56. The van der Waals surface area contributed by atoms with Crippen molar-refractivity contribution in [2.75, 3.05) is 0 Å². The summed E-state index contributed by atoms with van der Waals surface area (Å²) in [5.74, 6) is 0. The molecule has 0 atom stereocenters. The molecule has 0 unspecified atom stereocenters. The number of rotatable bonds is 2. The van der Waals surface area contributed by atoms with Crippen molar-refractivity contribution < 1.29 is 0 Å². The van der Waals surface area contributed by atoms with Crippen LogP contribution in [0.25, 0.3) is 10.8 Å². The largest absolute Gasteiger partial charge is 0.311 e. The van der Waals surface area contributed by atoms with Crippen molar-refractivity contribution in [1.29, 1.82) is 5.26 Å². The molecule has 1 aromatic heterocycles. The summed E-state index contributed by atoms with van der Waals surface area (Å²) >= 11 is 12.1. The lowest BCUT2D eigenvalue weighted by molar-refractivity contribution is 0.768. The lowest BCUT2D eigenvalue weighted by Gasteiger charge is -2.09. The Hall–Kier alpha value is -2.28. The van der Waals surface area contributed by atoms with E-state index in [1.165, 1.54) is 0 Å². The van der Waals surface area contributed by atoms with E-state index in [0.717, 1.165) is 5.56 Å². The molecule has 3 aromatic rings. The van der Waals surface area contributed by atoms with Crippen molar-refractivity contribution in [3.8, 4) is 6.07 Å². The van der Waals surface area contributed by atoms with Gasteiger partial charge in [0, 0.05) is 16.6 Å². The van der Waals surface area contributed by atoms with Gasteiger partial charge in [0.2, 0.25) is 0 Å². The van der Waals surface area contributed by atoms with E-state index in [9.17, 15) is 4.79 Å². The van der Waals surface area contributed by atoms with Gasteiger partial charge in [-0.25, -0.2) is 0 Å². The Balaban J connectivity index is 2.10. The molecule has 1 heterocycles. The number of fused-ring (bicyclic) bond motifs is 1. The SMILES string of the molecule is N#Cc1cccc(Cn2ccc3c(Cl)cc(Cl)cc3c2=O)c1. The lowest BCUT2D eigenvalue weighted by Crippen LogP contribution is -2.20. The number of nitrogens with zero attached hydrogens (tertiary/aromatic N) is 2. The molecule has 0 aliphatic carbocycles. The molecule has 0 fully saturated rings. The summed E-state index contributed by atoms with van der Waals surface area (Å²) in [6.07, 6.45) is 1.70. The van der Waals surface area contributed by atoms with E-state index in [1.54, 1.807) is 47.2 Å². The van der Waals surface area contributed by atoms with Gasteiger partial charge in [-0.3, -0.25) is 4.79 Å². The first-order chi connectivity index (χ1) is 10.6. The Labute approximate surface area is 136 Å². The van der Waals surface area contributed by atoms with E-state index >= 15 is 0 Å². The minimum absolute atomic E-state index is 0.163. The highest BCUT2D eigenvalue weighted by Crippen LogP contribution is 2.25. The zero-order chi connectivity index (χ0) is 15.7. The maximum atomic E-state index is 12.6. The van der Waals surface area contributed by atoms with Gasteiger partial charge in [0.25, 0.3) is 5.56 Å². The van der Waals surface area contributed by atoms with Gasteiger partial charge in [0.05, 0.1) is 28.6 Å². The molecular weight excluding hydrogens is 319 g/mol. The fourth-order valence-electron chi connectivity index (χ4n) is 2.38. The van der Waals surface area contributed by atoms with E-state index in [-0.39, 0.29) is 5.56 Å². The molecule has 0 bridgehead atoms. The minimum atomic E-state index is -0.163. The summed E-state index contributed by atoms with van der Waals surface area (Å²) in [6, 6.07) is 14.3. The number of hydrogen-bond acceptors (Lipinski definition) is 2. The maximum Gasteiger partial charge on any atom is 0.258 e. The monoisotopic (exact) mass is 328 g/mol. The van der Waals surface area contributed by atoms with Crippen LogP contribution in [0.1, 0.15) is 11.1 Å². The van der Waals surface area contributed by atoms with Crippen molar-refractivity contribution in [2.45, 2.75) is 6.54 Å². The normalized spacial score (nSPS) is 10.6. The summed E-state index contributed by atoms with van der Waals surface area (Å²) in [5.41, 5.74) is 1.29. The lowest BCUT2D eigenvalue weighted by atomic mass is 10.1. The molecule has 0 N–H and O–H groups in total. The summed E-state index contributed by atoms with van der Waals surface area (Å²) in [4.78, 5) is 12.6. The zero-order valence-electron chi connectivity index (χ0n) is 11.4. The third-order valence-electron chi connectivity index (χ3n) is 3.42. The Morgan fingerprint density at radius 3 is 2.68 bits per heavy atom. The molecule has 5 heteroatoms. The number of hydrogen-bond donors (Lipinski definition) is 0. The number of aromatic nitrogens is 1. The van der Waals surface area contributed by atoms with Crippen molar-refractivity contribution in [3.05, 3.63) is 80.2 Å². The molecule has 22 heavy (non-hydrogen) atoms. The Kier molecular flexibility index (Phi) is 3.89. The molecule has 0 aliphatic rings. The van der Waals surface area contributed by atoms with Gasteiger partial charge < -0.3 is 4.57 Å². The second-order valence-electron chi connectivity index (χ2n) is 4.91. The number of halogens is 2. The molecule has 0 saturated heterocycles. The number of pyridine rings is 1. The van der Waals surface area contributed by atoms with E-state index in [1.807, 2.05) is 6.07 Å². The summed E-state index contributed by atoms with van der Waals surface area (Å²) in [7, 11) is 0. The van der Waals surface area contributed by atoms with Gasteiger partial charge in [0.1, 0.15) is 0 Å². The third kappa shape index (κ3) is 2.71. The van der Waals surface area contributed by atoms with Crippen molar-refractivity contribution in [3.63, 3.8) is 0 Å². The van der Waals surface area contributed by atoms with Gasteiger partial charge in [-0.15, -0.1) is 0 Å². The Bertz CT molecular complexity index is 971. The molecule has 0 saturated carbocycles. The molecule has 2 aromatic carbocycles. The van der Waals surface area contributed by atoms with Crippen LogP contribution < -0.4 is 5.56 Å². The third-order valence-corrected chi connectivity index (χ3v) is 3.95. The van der Waals surface area contributed by atoms with Crippen molar-refractivity contribution in [1.82, 2.24) is 4.57 Å². The van der Waals surface area contributed by atoms with E-state index in [2.05, 4.69) is 6.07 Å². The summed E-state index contributed by atoms with van der Waals surface area (Å²) in [5, 5.41) is 11.0. The topological polar surface area (TPSA) is 45.8 Å². The molecule has 0 radical (unpaired) electrons. The molecule has 3 nitrogen and oxygen atoms in total. The fraction of sp³-hybridized carbons (Fsp3) is 0.0588. The predicted octanol–water partition coefficient (Wildman–Crippen LogP) is 4.23. The van der Waals surface area contributed by atoms with Gasteiger partial charge in [-0.05, 0) is 35.9 Å². The van der Waals surface area contributed by atoms with Gasteiger partial charge >= 0.3 is 0 Å². The predicted molar refractivity (Wildman–Crippen MR) is 88.5 cm³/mol. The van der Waals surface area contributed by atoms with Gasteiger partial charge in [-0.2, -0.15) is 5.26 Å². The smallest absolute Gasteiger partial charge is 0.258 e. The quantitative estimate of drug-likeness (QED) is 0.706. The average molecular weight is 329 g/mol. The molecule has 3 rings (SSSR count). The van der Waals surface area contributed by atoms with E-state index < -0.39 is 0 Å². The average Bonchev–Trinajstić information content (AvgIpc) is 2.51. The van der Waals surface area contributed by atoms with Crippen LogP contribution in [0.4, 0.5) is 0 Å². The number of benzene rings is 2. The van der Waals surface area contributed by atoms with Crippen LogP contribution >= 0.6 is 23.2 Å². The second kappa shape index (κ2) is 5.84. The molecule has 0 spiro atoms. The van der Waals surface area contributed by atoms with Crippen LogP contribution in [0.2, 0.25) is 10.0 Å². The van der Waals surface area contributed by atoms with Crippen LogP contribution in [-0.4, -0.2) is 4.57 Å². The van der Waals surface area contributed by atoms with E-state index in [0.29, 0.717) is 32.9 Å². The zero-order valence-corrected chi connectivity index (χ0v) is 12.9. The maximum absolute atomic E-state index is 12.6. The molecule has 0 aliphatic heterocycles. The highest BCUT2D eigenvalue weighted by molar-refractivity contribution is 6.38. The van der Waals surface area contributed by atoms with Crippen molar-refractivity contribution in [2.24, 2.45) is 0 Å². The highest BCUT2D eigenvalue weighted by Gasteiger charge is 2.08. The Morgan fingerprint density at radius 2 is 1.91 bits per heavy atom. The number of nitriles is 1. The minimum Gasteiger partial charge on any atom is -0.311 e. The van der Waals surface area contributed by atoms with Crippen LogP contribution in [0.3, 0.4) is 0 Å².